The first-order valence-electron chi connectivity index (χ1n) is 4.55. The number of hydrogen-bond acceptors (Lipinski definition) is 2. The Kier molecular flexibility index (Phi) is 3.25. The van der Waals surface area contributed by atoms with E-state index in [2.05, 4.69) is 25.9 Å². The van der Waals surface area contributed by atoms with Crippen molar-refractivity contribution >= 4 is 28.0 Å². The lowest BCUT2D eigenvalue weighted by molar-refractivity contribution is 1.28. The molecule has 2 rings (SSSR count). The van der Waals surface area contributed by atoms with Crippen LogP contribution in [0.3, 0.4) is 0 Å². The Bertz CT molecular complexity index is 449. The number of nitrogens with zero attached hydrogens (tertiary/aromatic N) is 2. The molecule has 1 heterocycles. The monoisotopic (exact) mass is 260 g/mol. The predicted molar refractivity (Wildman–Crippen MR) is 65.6 cm³/mol. The highest BCUT2D eigenvalue weighted by atomic mass is 79.9. The zero-order valence-corrected chi connectivity index (χ0v) is 9.55. The molecule has 0 N–H and O–H groups in total. The molecule has 0 aliphatic heterocycles. The van der Waals surface area contributed by atoms with Gasteiger partial charge >= 0.3 is 0 Å². The highest BCUT2D eigenvalue weighted by Gasteiger charge is 1.89. The molecule has 0 unspecified atom stereocenters. The molecule has 0 saturated heterocycles. The number of benzene rings is 1. The van der Waals surface area contributed by atoms with E-state index < -0.39 is 0 Å². The third kappa shape index (κ3) is 2.99. The van der Waals surface area contributed by atoms with E-state index in [9.17, 15) is 0 Å². The second kappa shape index (κ2) is 4.84. The number of rotatable bonds is 2. The van der Waals surface area contributed by atoms with Crippen molar-refractivity contribution in [3.05, 3.63) is 58.7 Å². The second-order valence-corrected chi connectivity index (χ2v) is 3.91. The second-order valence-electron chi connectivity index (χ2n) is 3.00. The Hall–Kier alpha value is -1.48. The maximum Gasteiger partial charge on any atom is 0.151 e. The van der Waals surface area contributed by atoms with Crippen LogP contribution in [0.1, 0.15) is 5.56 Å². The van der Waals surface area contributed by atoms with E-state index in [1.54, 1.807) is 12.4 Å². The van der Waals surface area contributed by atoms with Crippen LogP contribution in [-0.2, 0) is 0 Å². The lowest BCUT2D eigenvalue weighted by atomic mass is 10.2. The molecule has 15 heavy (non-hydrogen) atoms. The Morgan fingerprint density at radius 1 is 1.07 bits per heavy atom. The van der Waals surface area contributed by atoms with E-state index >= 15 is 0 Å². The summed E-state index contributed by atoms with van der Waals surface area (Å²) in [6, 6.07) is 13.6. The highest BCUT2D eigenvalue weighted by Crippen LogP contribution is 2.10. The number of pyridine rings is 1. The molecule has 3 heteroatoms. The van der Waals surface area contributed by atoms with Gasteiger partial charge in [-0.25, -0.2) is 9.98 Å². The van der Waals surface area contributed by atoms with Gasteiger partial charge in [0.15, 0.2) is 5.82 Å². The number of aromatic nitrogens is 1. The summed E-state index contributed by atoms with van der Waals surface area (Å²) in [4.78, 5) is 8.36. The van der Waals surface area contributed by atoms with Crippen LogP contribution < -0.4 is 0 Å². The van der Waals surface area contributed by atoms with Crippen molar-refractivity contribution < 1.29 is 0 Å². The van der Waals surface area contributed by atoms with E-state index in [1.807, 2.05) is 42.5 Å². The summed E-state index contributed by atoms with van der Waals surface area (Å²) in [5.41, 5.74) is 1.06. The fourth-order valence-electron chi connectivity index (χ4n) is 1.12. The van der Waals surface area contributed by atoms with Crippen LogP contribution in [0.5, 0.6) is 0 Å². The standard InChI is InChI=1S/C12H9BrN2/c13-11-6-4-10(5-7-11)9-15-12-3-1-2-8-14-12/h1-9H/b15-9+. The molecule has 0 saturated carbocycles. The van der Waals surface area contributed by atoms with E-state index in [-0.39, 0.29) is 0 Å². The molecule has 0 aliphatic carbocycles. The summed E-state index contributed by atoms with van der Waals surface area (Å²) >= 11 is 3.38. The van der Waals surface area contributed by atoms with E-state index in [1.165, 1.54) is 0 Å². The molecule has 2 aromatic rings. The van der Waals surface area contributed by atoms with Gasteiger partial charge in [-0.2, -0.15) is 0 Å². The summed E-state index contributed by atoms with van der Waals surface area (Å²) in [6.45, 7) is 0. The van der Waals surface area contributed by atoms with Crippen molar-refractivity contribution in [3.8, 4) is 0 Å². The maximum absolute atomic E-state index is 4.25. The van der Waals surface area contributed by atoms with Gasteiger partial charge in [-0.3, -0.25) is 0 Å². The fraction of sp³-hybridized carbons (Fsp3) is 0. The lowest BCUT2D eigenvalue weighted by Crippen LogP contribution is -1.79. The molecule has 0 atom stereocenters. The van der Waals surface area contributed by atoms with Crippen molar-refractivity contribution in [2.45, 2.75) is 0 Å². The molecule has 0 aliphatic rings. The van der Waals surface area contributed by atoms with E-state index in [0.717, 1.165) is 15.9 Å². The van der Waals surface area contributed by atoms with Gasteiger partial charge in [-0.05, 0) is 29.8 Å². The van der Waals surface area contributed by atoms with Crippen LogP contribution >= 0.6 is 15.9 Å². The molecular formula is C12H9BrN2. The molecular weight excluding hydrogens is 252 g/mol. The van der Waals surface area contributed by atoms with Crippen LogP contribution in [0.2, 0.25) is 0 Å². The van der Waals surface area contributed by atoms with Gasteiger partial charge < -0.3 is 0 Å². The third-order valence-corrected chi connectivity index (χ3v) is 2.39. The molecule has 0 bridgehead atoms. The number of hydrogen-bond donors (Lipinski definition) is 0. The number of halogens is 1. The van der Waals surface area contributed by atoms with Gasteiger partial charge in [0, 0.05) is 16.9 Å². The molecule has 1 aromatic carbocycles. The zero-order valence-electron chi connectivity index (χ0n) is 7.97. The van der Waals surface area contributed by atoms with E-state index in [4.69, 9.17) is 0 Å². The summed E-state index contributed by atoms with van der Waals surface area (Å²) in [6.07, 6.45) is 3.53. The Morgan fingerprint density at radius 2 is 1.87 bits per heavy atom. The minimum atomic E-state index is 0.723. The fourth-order valence-corrected chi connectivity index (χ4v) is 1.38. The molecule has 0 radical (unpaired) electrons. The van der Waals surface area contributed by atoms with Gasteiger partial charge in [-0.1, -0.05) is 34.1 Å². The van der Waals surface area contributed by atoms with Gasteiger partial charge in [0.25, 0.3) is 0 Å². The first kappa shape index (κ1) is 10.1. The SMILES string of the molecule is Brc1ccc(/C=N/c2ccccn2)cc1. The van der Waals surface area contributed by atoms with Gasteiger partial charge in [0.1, 0.15) is 0 Å². The summed E-state index contributed by atoms with van der Waals surface area (Å²) in [7, 11) is 0. The summed E-state index contributed by atoms with van der Waals surface area (Å²) < 4.78 is 1.07. The highest BCUT2D eigenvalue weighted by molar-refractivity contribution is 9.10. The number of aliphatic imine (C=N–C) groups is 1. The van der Waals surface area contributed by atoms with Crippen LogP contribution in [0.4, 0.5) is 5.82 Å². The Morgan fingerprint density at radius 3 is 2.53 bits per heavy atom. The van der Waals surface area contributed by atoms with Crippen LogP contribution in [0.25, 0.3) is 0 Å². The van der Waals surface area contributed by atoms with Gasteiger partial charge in [0.05, 0.1) is 0 Å². The largest absolute Gasteiger partial charge is 0.237 e. The minimum absolute atomic E-state index is 0.723. The summed E-state index contributed by atoms with van der Waals surface area (Å²) in [5, 5.41) is 0. The van der Waals surface area contributed by atoms with Crippen molar-refractivity contribution in [1.29, 1.82) is 0 Å². The molecule has 74 valence electrons. The maximum atomic E-state index is 4.25. The van der Waals surface area contributed by atoms with Gasteiger partial charge in [0.2, 0.25) is 0 Å². The summed E-state index contributed by atoms with van der Waals surface area (Å²) in [5.74, 6) is 0.723. The quantitative estimate of drug-likeness (QED) is 0.758. The first-order valence-corrected chi connectivity index (χ1v) is 5.34. The molecule has 1 aromatic heterocycles. The smallest absolute Gasteiger partial charge is 0.151 e. The van der Waals surface area contributed by atoms with E-state index in [0.29, 0.717) is 0 Å². The minimum Gasteiger partial charge on any atom is -0.237 e. The topological polar surface area (TPSA) is 25.2 Å². The predicted octanol–water partition coefficient (Wildman–Crippen LogP) is 3.59. The third-order valence-electron chi connectivity index (χ3n) is 1.87. The van der Waals surface area contributed by atoms with Crippen molar-refractivity contribution in [2.75, 3.05) is 0 Å². The lowest BCUT2D eigenvalue weighted by Gasteiger charge is -1.93. The molecule has 0 amide bonds. The zero-order chi connectivity index (χ0) is 10.5. The normalized spacial score (nSPS) is 10.7. The van der Waals surface area contributed by atoms with Crippen molar-refractivity contribution in [1.82, 2.24) is 4.98 Å². The first-order chi connectivity index (χ1) is 7.34. The average Bonchev–Trinajstić information content (AvgIpc) is 2.30. The average molecular weight is 261 g/mol. The molecule has 0 spiro atoms. The molecule has 0 fully saturated rings. The van der Waals surface area contributed by atoms with Crippen LogP contribution in [0.15, 0.2) is 58.1 Å². The Balaban J connectivity index is 2.15. The van der Waals surface area contributed by atoms with Crippen LogP contribution in [0, 0.1) is 0 Å². The van der Waals surface area contributed by atoms with Crippen molar-refractivity contribution in [3.63, 3.8) is 0 Å². The molecule has 2 nitrogen and oxygen atoms in total. The van der Waals surface area contributed by atoms with Crippen molar-refractivity contribution in [2.24, 2.45) is 4.99 Å². The Labute approximate surface area is 96.8 Å². The van der Waals surface area contributed by atoms with Gasteiger partial charge in [-0.15, -0.1) is 0 Å². The van der Waals surface area contributed by atoms with Crippen LogP contribution in [-0.4, -0.2) is 11.2 Å².